The highest BCUT2D eigenvalue weighted by atomic mass is 16.1. The lowest BCUT2D eigenvalue weighted by Crippen LogP contribution is -2.23. The van der Waals surface area contributed by atoms with Gasteiger partial charge >= 0.3 is 0 Å². The van der Waals surface area contributed by atoms with E-state index < -0.39 is 0 Å². The number of carbonyl (C=O) groups excluding carboxylic acids is 1. The Morgan fingerprint density at radius 3 is 2.60 bits per heavy atom. The fraction of sp³-hybridized carbons (Fsp3) is 0.375. The maximum atomic E-state index is 10.8. The van der Waals surface area contributed by atoms with Crippen molar-refractivity contribution < 1.29 is 4.79 Å². The van der Waals surface area contributed by atoms with Gasteiger partial charge in [-0.3, -0.25) is 4.79 Å². The summed E-state index contributed by atoms with van der Waals surface area (Å²) in [5.41, 5.74) is 1.25. The van der Waals surface area contributed by atoms with Crippen LogP contribution >= 0.6 is 0 Å². The van der Waals surface area contributed by atoms with Gasteiger partial charge in [0.2, 0.25) is 5.91 Å². The zero-order valence-electron chi connectivity index (χ0n) is 12.5. The van der Waals surface area contributed by atoms with Crippen molar-refractivity contribution in [1.29, 1.82) is 0 Å². The molecule has 0 atom stereocenters. The third kappa shape index (κ3) is 5.26. The molecule has 0 spiro atoms. The monoisotopic (exact) mass is 273 g/mol. The largest absolute Gasteiger partial charge is 0.356 e. The van der Waals surface area contributed by atoms with E-state index in [4.69, 9.17) is 0 Å². The fourth-order valence-electron chi connectivity index (χ4n) is 1.84. The van der Waals surface area contributed by atoms with Crippen molar-refractivity contribution in [3.05, 3.63) is 54.1 Å². The van der Waals surface area contributed by atoms with Crippen molar-refractivity contribution in [2.45, 2.75) is 33.7 Å². The lowest BCUT2D eigenvalue weighted by molar-refractivity contribution is -0.118. The van der Waals surface area contributed by atoms with Gasteiger partial charge in [0.25, 0.3) is 0 Å². The molecular weight excluding hydrogens is 250 g/mol. The van der Waals surface area contributed by atoms with Gasteiger partial charge in [-0.15, -0.1) is 0 Å². The molecule has 4 heteroatoms. The highest BCUT2D eigenvalue weighted by Crippen LogP contribution is 2.05. The molecule has 0 saturated heterocycles. The van der Waals surface area contributed by atoms with Crippen LogP contribution in [-0.2, 0) is 17.8 Å². The molecule has 2 aromatic rings. The van der Waals surface area contributed by atoms with Crippen LogP contribution in [0.4, 0.5) is 0 Å². The highest BCUT2D eigenvalue weighted by molar-refractivity contribution is 5.72. The summed E-state index contributed by atoms with van der Waals surface area (Å²) >= 11 is 0. The number of carbonyl (C=O) groups is 1. The summed E-state index contributed by atoms with van der Waals surface area (Å²) in [6, 6.07) is 10.3. The van der Waals surface area contributed by atoms with Gasteiger partial charge in [0.05, 0.1) is 0 Å². The minimum absolute atomic E-state index is 0.00355. The zero-order valence-corrected chi connectivity index (χ0v) is 12.5. The number of benzene rings is 1. The van der Waals surface area contributed by atoms with E-state index in [9.17, 15) is 4.79 Å². The van der Waals surface area contributed by atoms with E-state index >= 15 is 0 Å². The first-order valence-corrected chi connectivity index (χ1v) is 7.04. The molecule has 0 aliphatic carbocycles. The van der Waals surface area contributed by atoms with E-state index in [0.717, 1.165) is 18.8 Å². The molecule has 0 radical (unpaired) electrons. The van der Waals surface area contributed by atoms with E-state index in [1.165, 1.54) is 12.5 Å². The van der Waals surface area contributed by atoms with Crippen molar-refractivity contribution in [3.8, 4) is 0 Å². The van der Waals surface area contributed by atoms with Crippen LogP contribution in [0.1, 0.15) is 32.2 Å². The normalized spacial score (nSPS) is 9.55. The maximum Gasteiger partial charge on any atom is 0.216 e. The first-order chi connectivity index (χ1) is 9.75. The number of hydrogen-bond donors (Lipinski definition) is 1. The lowest BCUT2D eigenvalue weighted by atomic mass is 10.2. The second-order valence-electron chi connectivity index (χ2n) is 4.19. The van der Waals surface area contributed by atoms with E-state index in [1.54, 1.807) is 6.20 Å². The van der Waals surface area contributed by atoms with E-state index in [1.807, 2.05) is 38.2 Å². The summed E-state index contributed by atoms with van der Waals surface area (Å²) in [4.78, 5) is 15.1. The molecule has 108 valence electrons. The molecule has 1 heterocycles. The van der Waals surface area contributed by atoms with Crippen molar-refractivity contribution >= 4 is 5.91 Å². The van der Waals surface area contributed by atoms with E-state index in [-0.39, 0.29) is 5.91 Å². The molecule has 1 N–H and O–H groups in total. The second-order valence-corrected chi connectivity index (χ2v) is 4.19. The van der Waals surface area contributed by atoms with Crippen LogP contribution in [0.3, 0.4) is 0 Å². The first-order valence-electron chi connectivity index (χ1n) is 7.04. The Labute approximate surface area is 120 Å². The predicted molar refractivity (Wildman–Crippen MR) is 81.5 cm³/mol. The minimum atomic E-state index is -0.00355. The number of amides is 1. The molecule has 1 aromatic heterocycles. The molecule has 0 bridgehead atoms. The summed E-state index contributed by atoms with van der Waals surface area (Å²) in [6.45, 7) is 6.97. The van der Waals surface area contributed by atoms with Gasteiger partial charge in [-0.05, 0) is 5.56 Å². The molecule has 1 amide bonds. The molecule has 4 nitrogen and oxygen atoms in total. The second kappa shape index (κ2) is 8.91. The van der Waals surface area contributed by atoms with Crippen molar-refractivity contribution in [2.75, 3.05) is 6.54 Å². The van der Waals surface area contributed by atoms with Crippen molar-refractivity contribution in [2.24, 2.45) is 0 Å². The van der Waals surface area contributed by atoms with Gasteiger partial charge in [0.15, 0.2) is 0 Å². The summed E-state index contributed by atoms with van der Waals surface area (Å²) < 4.78 is 2.11. The van der Waals surface area contributed by atoms with Crippen LogP contribution in [0, 0.1) is 0 Å². The number of imidazole rings is 1. The summed E-state index contributed by atoms with van der Waals surface area (Å²) in [6.07, 6.45) is 4.52. The molecule has 1 aromatic carbocycles. The molecule has 0 aliphatic heterocycles. The van der Waals surface area contributed by atoms with Gasteiger partial charge in [-0.1, -0.05) is 44.2 Å². The molecular formula is C16H23N3O. The van der Waals surface area contributed by atoms with Crippen LogP contribution < -0.4 is 5.32 Å². The van der Waals surface area contributed by atoms with Gasteiger partial charge in [0, 0.05) is 38.8 Å². The number of nitrogens with zero attached hydrogens (tertiary/aromatic N) is 2. The lowest BCUT2D eigenvalue weighted by Gasteiger charge is -2.08. The minimum Gasteiger partial charge on any atom is -0.356 e. The summed E-state index contributed by atoms with van der Waals surface area (Å²) in [5, 5.41) is 2.78. The third-order valence-corrected chi connectivity index (χ3v) is 2.72. The molecule has 20 heavy (non-hydrogen) atoms. The van der Waals surface area contributed by atoms with Crippen LogP contribution in [0.25, 0.3) is 0 Å². The Balaban J connectivity index is 0.000000956. The van der Waals surface area contributed by atoms with E-state index in [2.05, 4.69) is 27.0 Å². The smallest absolute Gasteiger partial charge is 0.216 e. The summed E-state index contributed by atoms with van der Waals surface area (Å²) in [7, 11) is 0. The summed E-state index contributed by atoms with van der Waals surface area (Å²) in [5.74, 6) is 0.990. The molecule has 0 fully saturated rings. The Morgan fingerprint density at radius 2 is 1.95 bits per heavy atom. The number of rotatable bonds is 5. The average molecular weight is 273 g/mol. The topological polar surface area (TPSA) is 46.9 Å². The van der Waals surface area contributed by atoms with E-state index in [0.29, 0.717) is 6.54 Å². The van der Waals surface area contributed by atoms with Gasteiger partial charge in [-0.25, -0.2) is 4.98 Å². The average Bonchev–Trinajstić information content (AvgIpc) is 2.89. The van der Waals surface area contributed by atoms with Crippen LogP contribution in [-0.4, -0.2) is 22.0 Å². The zero-order chi connectivity index (χ0) is 14.8. The standard InChI is InChI=1S/C14H17N3O.C2H6/c1-12(18)15-8-7-14-16-9-10-17(14)11-13-5-3-2-4-6-13;1-2/h2-6,9-10H,7-8,11H2,1H3,(H,15,18);1-2H3. The van der Waals surface area contributed by atoms with Gasteiger partial charge < -0.3 is 9.88 Å². The first kappa shape index (κ1) is 16.0. The van der Waals surface area contributed by atoms with Gasteiger partial charge in [-0.2, -0.15) is 0 Å². The number of aromatic nitrogens is 2. The third-order valence-electron chi connectivity index (χ3n) is 2.72. The SMILES string of the molecule is CC.CC(=O)NCCc1nccn1Cc1ccccc1. The molecule has 0 aliphatic rings. The number of hydrogen-bond acceptors (Lipinski definition) is 2. The Kier molecular flexibility index (Phi) is 7.11. The molecule has 0 saturated carbocycles. The fourth-order valence-corrected chi connectivity index (χ4v) is 1.84. The predicted octanol–water partition coefficient (Wildman–Crippen LogP) is 2.64. The molecule has 2 rings (SSSR count). The quantitative estimate of drug-likeness (QED) is 0.910. The highest BCUT2D eigenvalue weighted by Gasteiger charge is 2.03. The Bertz CT molecular complexity index is 505. The van der Waals surface area contributed by atoms with Crippen LogP contribution in [0.2, 0.25) is 0 Å². The maximum absolute atomic E-state index is 10.8. The van der Waals surface area contributed by atoms with Crippen LogP contribution in [0.5, 0.6) is 0 Å². The van der Waals surface area contributed by atoms with Gasteiger partial charge in [0.1, 0.15) is 5.82 Å². The van der Waals surface area contributed by atoms with Crippen molar-refractivity contribution in [3.63, 3.8) is 0 Å². The number of nitrogens with one attached hydrogen (secondary N) is 1. The Morgan fingerprint density at radius 1 is 1.25 bits per heavy atom. The molecule has 0 unspecified atom stereocenters. The van der Waals surface area contributed by atoms with Crippen LogP contribution in [0.15, 0.2) is 42.7 Å². The van der Waals surface area contributed by atoms with Crippen molar-refractivity contribution in [1.82, 2.24) is 14.9 Å². The Hall–Kier alpha value is -2.10.